The first-order valence-electron chi connectivity index (χ1n) is 6.45. The van der Waals surface area contributed by atoms with Gasteiger partial charge in [0.05, 0.1) is 7.11 Å². The number of nitrogens with zero attached hydrogens (tertiary/aromatic N) is 3. The normalized spacial score (nSPS) is 10.6. The van der Waals surface area contributed by atoms with E-state index in [2.05, 4.69) is 15.5 Å². The molecule has 1 aromatic carbocycles. The van der Waals surface area contributed by atoms with Crippen LogP contribution in [0.2, 0.25) is 0 Å². The van der Waals surface area contributed by atoms with Gasteiger partial charge in [0.2, 0.25) is 0 Å². The Morgan fingerprint density at radius 1 is 1.30 bits per heavy atom. The zero-order valence-corrected chi connectivity index (χ0v) is 12.3. The third kappa shape index (κ3) is 3.08. The fraction of sp³-hybridized carbons (Fsp3) is 0.429. The van der Waals surface area contributed by atoms with Crippen LogP contribution in [0.1, 0.15) is 17.2 Å². The zero-order chi connectivity index (χ0) is 14.5. The summed E-state index contributed by atoms with van der Waals surface area (Å²) in [4.78, 5) is 0. The number of rotatable bonds is 6. The smallest absolute Gasteiger partial charge is 0.170 e. The van der Waals surface area contributed by atoms with Crippen molar-refractivity contribution in [3.05, 3.63) is 35.4 Å². The van der Waals surface area contributed by atoms with Crippen LogP contribution in [0.5, 0.6) is 11.5 Å². The standard InChI is InChI=1S/C14H20N4O2/c1-10-16-17-14(18(10)3)9-20-13-6-5-12(19-4)7-11(13)8-15-2/h5-7,15H,8-9H2,1-4H3. The fourth-order valence-corrected chi connectivity index (χ4v) is 1.87. The fourth-order valence-electron chi connectivity index (χ4n) is 1.87. The molecule has 0 unspecified atom stereocenters. The van der Waals surface area contributed by atoms with Gasteiger partial charge in [0.1, 0.15) is 23.9 Å². The van der Waals surface area contributed by atoms with Crippen molar-refractivity contribution in [1.29, 1.82) is 0 Å². The quantitative estimate of drug-likeness (QED) is 0.865. The first-order chi connectivity index (χ1) is 9.65. The van der Waals surface area contributed by atoms with Gasteiger partial charge in [-0.1, -0.05) is 0 Å². The Bertz CT molecular complexity index is 581. The molecule has 0 aliphatic rings. The van der Waals surface area contributed by atoms with Crippen LogP contribution in [0.3, 0.4) is 0 Å². The van der Waals surface area contributed by atoms with Crippen molar-refractivity contribution in [1.82, 2.24) is 20.1 Å². The van der Waals surface area contributed by atoms with Crippen LogP contribution in [-0.4, -0.2) is 28.9 Å². The van der Waals surface area contributed by atoms with E-state index in [9.17, 15) is 0 Å². The summed E-state index contributed by atoms with van der Waals surface area (Å²) in [6, 6.07) is 5.76. The largest absolute Gasteiger partial charge is 0.497 e. The van der Waals surface area contributed by atoms with Crippen LogP contribution in [0, 0.1) is 6.92 Å². The van der Waals surface area contributed by atoms with Crippen LogP contribution in [0.4, 0.5) is 0 Å². The first-order valence-corrected chi connectivity index (χ1v) is 6.45. The van der Waals surface area contributed by atoms with Gasteiger partial charge in [0.25, 0.3) is 0 Å². The second-order valence-corrected chi connectivity index (χ2v) is 4.52. The Labute approximate surface area is 118 Å². The maximum atomic E-state index is 5.85. The zero-order valence-electron chi connectivity index (χ0n) is 12.3. The molecule has 1 aromatic heterocycles. The van der Waals surface area contributed by atoms with E-state index in [0.717, 1.165) is 28.7 Å². The van der Waals surface area contributed by atoms with E-state index in [1.165, 1.54) is 0 Å². The summed E-state index contributed by atoms with van der Waals surface area (Å²) in [6.07, 6.45) is 0. The molecule has 6 heteroatoms. The van der Waals surface area contributed by atoms with Gasteiger partial charge in [-0.25, -0.2) is 0 Å². The molecule has 6 nitrogen and oxygen atoms in total. The molecule has 0 aliphatic carbocycles. The number of hydrogen-bond acceptors (Lipinski definition) is 5. The Hall–Kier alpha value is -2.08. The summed E-state index contributed by atoms with van der Waals surface area (Å²) in [6.45, 7) is 3.01. The summed E-state index contributed by atoms with van der Waals surface area (Å²) < 4.78 is 13.0. The molecule has 0 spiro atoms. The van der Waals surface area contributed by atoms with Gasteiger partial charge >= 0.3 is 0 Å². The van der Waals surface area contributed by atoms with E-state index in [0.29, 0.717) is 13.2 Å². The monoisotopic (exact) mass is 276 g/mol. The summed E-state index contributed by atoms with van der Waals surface area (Å²) in [7, 11) is 5.48. The molecule has 2 aromatic rings. The predicted molar refractivity (Wildman–Crippen MR) is 75.8 cm³/mol. The number of nitrogens with one attached hydrogen (secondary N) is 1. The Morgan fingerprint density at radius 3 is 2.70 bits per heavy atom. The molecule has 1 heterocycles. The summed E-state index contributed by atoms with van der Waals surface area (Å²) in [5, 5.41) is 11.2. The lowest BCUT2D eigenvalue weighted by atomic mass is 10.2. The van der Waals surface area contributed by atoms with Crippen molar-refractivity contribution in [3.8, 4) is 11.5 Å². The van der Waals surface area contributed by atoms with Gasteiger partial charge in [0, 0.05) is 19.2 Å². The molecular weight excluding hydrogens is 256 g/mol. The van der Waals surface area contributed by atoms with E-state index in [4.69, 9.17) is 9.47 Å². The minimum atomic E-state index is 0.389. The number of aromatic nitrogens is 3. The van der Waals surface area contributed by atoms with Crippen LogP contribution in [-0.2, 0) is 20.2 Å². The number of ether oxygens (including phenoxy) is 2. The number of aryl methyl sites for hydroxylation is 1. The minimum Gasteiger partial charge on any atom is -0.497 e. The molecule has 1 N–H and O–H groups in total. The molecule has 0 fully saturated rings. The molecule has 0 amide bonds. The van der Waals surface area contributed by atoms with Crippen LogP contribution >= 0.6 is 0 Å². The van der Waals surface area contributed by atoms with Gasteiger partial charge in [-0.05, 0) is 32.2 Å². The lowest BCUT2D eigenvalue weighted by Gasteiger charge is -2.12. The third-order valence-corrected chi connectivity index (χ3v) is 3.17. The van der Waals surface area contributed by atoms with Crippen LogP contribution in [0.15, 0.2) is 18.2 Å². The molecule has 0 bridgehead atoms. The lowest BCUT2D eigenvalue weighted by Crippen LogP contribution is -2.09. The number of methoxy groups -OCH3 is 1. The molecule has 2 rings (SSSR count). The van der Waals surface area contributed by atoms with E-state index in [1.807, 2.05) is 43.8 Å². The highest BCUT2D eigenvalue weighted by Crippen LogP contribution is 2.24. The van der Waals surface area contributed by atoms with Crippen LogP contribution < -0.4 is 14.8 Å². The second-order valence-electron chi connectivity index (χ2n) is 4.52. The third-order valence-electron chi connectivity index (χ3n) is 3.17. The van der Waals surface area contributed by atoms with E-state index >= 15 is 0 Å². The maximum Gasteiger partial charge on any atom is 0.170 e. The Balaban J connectivity index is 2.14. The maximum absolute atomic E-state index is 5.85. The van der Waals surface area contributed by atoms with Crippen molar-refractivity contribution in [2.24, 2.45) is 7.05 Å². The average molecular weight is 276 g/mol. The van der Waals surface area contributed by atoms with Crippen molar-refractivity contribution in [3.63, 3.8) is 0 Å². The molecule has 0 saturated carbocycles. The van der Waals surface area contributed by atoms with E-state index < -0.39 is 0 Å². The molecular formula is C14H20N4O2. The lowest BCUT2D eigenvalue weighted by molar-refractivity contribution is 0.287. The van der Waals surface area contributed by atoms with E-state index in [-0.39, 0.29) is 0 Å². The highest BCUT2D eigenvalue weighted by Gasteiger charge is 2.09. The predicted octanol–water partition coefficient (Wildman–Crippen LogP) is 1.43. The highest BCUT2D eigenvalue weighted by atomic mass is 16.5. The van der Waals surface area contributed by atoms with Gasteiger partial charge in [0.15, 0.2) is 5.82 Å². The SMILES string of the molecule is CNCc1cc(OC)ccc1OCc1nnc(C)n1C. The molecule has 0 saturated heterocycles. The van der Waals surface area contributed by atoms with Gasteiger partial charge in [-0.2, -0.15) is 0 Å². The summed E-state index contributed by atoms with van der Waals surface area (Å²) in [5.74, 6) is 3.31. The Morgan fingerprint density at radius 2 is 2.10 bits per heavy atom. The van der Waals surface area contributed by atoms with Gasteiger partial charge in [-0.15, -0.1) is 10.2 Å². The average Bonchev–Trinajstić information content (AvgIpc) is 2.78. The second kappa shape index (κ2) is 6.38. The molecule has 108 valence electrons. The minimum absolute atomic E-state index is 0.389. The van der Waals surface area contributed by atoms with Crippen molar-refractivity contribution in [2.45, 2.75) is 20.1 Å². The Kier molecular flexibility index (Phi) is 4.57. The first kappa shape index (κ1) is 14.3. The number of benzene rings is 1. The van der Waals surface area contributed by atoms with Crippen LogP contribution in [0.25, 0.3) is 0 Å². The molecule has 20 heavy (non-hydrogen) atoms. The van der Waals surface area contributed by atoms with E-state index in [1.54, 1.807) is 7.11 Å². The van der Waals surface area contributed by atoms with Gasteiger partial charge in [-0.3, -0.25) is 0 Å². The van der Waals surface area contributed by atoms with Crippen molar-refractivity contribution < 1.29 is 9.47 Å². The van der Waals surface area contributed by atoms with Crippen molar-refractivity contribution >= 4 is 0 Å². The molecule has 0 aliphatic heterocycles. The summed E-state index contributed by atoms with van der Waals surface area (Å²) >= 11 is 0. The summed E-state index contributed by atoms with van der Waals surface area (Å²) in [5.41, 5.74) is 1.05. The topological polar surface area (TPSA) is 61.2 Å². The molecule has 0 radical (unpaired) electrons. The van der Waals surface area contributed by atoms with Crippen molar-refractivity contribution in [2.75, 3.05) is 14.2 Å². The number of hydrogen-bond donors (Lipinski definition) is 1. The highest BCUT2D eigenvalue weighted by molar-refractivity contribution is 5.40. The molecule has 0 atom stereocenters. The van der Waals surface area contributed by atoms with Gasteiger partial charge < -0.3 is 19.4 Å².